The third-order valence-corrected chi connectivity index (χ3v) is 5.37. The average molecular weight is 363 g/mol. The highest BCUT2D eigenvalue weighted by Gasteiger charge is 2.40. The van der Waals surface area contributed by atoms with Crippen molar-refractivity contribution in [3.63, 3.8) is 0 Å². The maximum absolute atomic E-state index is 13.0. The van der Waals surface area contributed by atoms with Crippen LogP contribution in [0.5, 0.6) is 0 Å². The third-order valence-electron chi connectivity index (χ3n) is 5.37. The number of carbonyl (C=O) groups is 1. The Morgan fingerprint density at radius 1 is 1.26 bits per heavy atom. The molecule has 1 saturated heterocycles. The number of aromatic amines is 1. The minimum Gasteiger partial charge on any atom is -0.342 e. The van der Waals surface area contributed by atoms with Gasteiger partial charge in [0.05, 0.1) is 11.6 Å². The van der Waals surface area contributed by atoms with Crippen molar-refractivity contribution in [1.29, 1.82) is 5.26 Å². The first kappa shape index (κ1) is 17.3. The van der Waals surface area contributed by atoms with Crippen molar-refractivity contribution < 1.29 is 4.79 Å². The molecule has 1 fully saturated rings. The van der Waals surface area contributed by atoms with Gasteiger partial charge in [0.25, 0.3) is 5.56 Å². The molecular weight excluding hydrogens is 342 g/mol. The number of piperidine rings is 1. The highest BCUT2D eigenvalue weighted by molar-refractivity contribution is 5.97. The fraction of sp³-hybridized carbons (Fsp3) is 0.400. The van der Waals surface area contributed by atoms with Crippen LogP contribution in [-0.2, 0) is 4.79 Å². The zero-order chi connectivity index (χ0) is 19.0. The first-order valence-corrected chi connectivity index (χ1v) is 9.23. The topological polar surface area (TPSA) is 102 Å². The van der Waals surface area contributed by atoms with E-state index in [0.717, 1.165) is 31.5 Å². The number of aromatic nitrogens is 2. The summed E-state index contributed by atoms with van der Waals surface area (Å²) in [6.45, 7) is 3.81. The number of fused-ring (bicyclic) bond motifs is 1. The van der Waals surface area contributed by atoms with Crippen molar-refractivity contribution in [3.8, 4) is 6.07 Å². The van der Waals surface area contributed by atoms with Crippen molar-refractivity contribution >= 4 is 17.7 Å². The van der Waals surface area contributed by atoms with E-state index in [1.807, 2.05) is 30.3 Å². The molecule has 2 aromatic rings. The van der Waals surface area contributed by atoms with Gasteiger partial charge in [-0.3, -0.25) is 14.6 Å². The summed E-state index contributed by atoms with van der Waals surface area (Å²) < 4.78 is 0. The molecule has 2 aliphatic rings. The summed E-state index contributed by atoms with van der Waals surface area (Å²) in [4.78, 5) is 35.0. The summed E-state index contributed by atoms with van der Waals surface area (Å²) in [5.74, 6) is -0.760. The Balaban J connectivity index is 1.82. The molecule has 27 heavy (non-hydrogen) atoms. The van der Waals surface area contributed by atoms with Crippen molar-refractivity contribution in [3.05, 3.63) is 51.8 Å². The van der Waals surface area contributed by atoms with Crippen LogP contribution in [-0.4, -0.2) is 29.0 Å². The number of anilines is 2. The Hall–Kier alpha value is -3.14. The highest BCUT2D eigenvalue weighted by atomic mass is 16.2. The number of hydrogen-bond donors (Lipinski definition) is 2. The van der Waals surface area contributed by atoms with E-state index in [0.29, 0.717) is 17.4 Å². The molecule has 138 valence electrons. The Morgan fingerprint density at radius 2 is 2.04 bits per heavy atom. The number of nitriles is 1. The average Bonchev–Trinajstić information content (AvgIpc) is 2.67. The molecule has 2 N–H and O–H groups in total. The molecule has 0 bridgehead atoms. The lowest BCUT2D eigenvalue weighted by Crippen LogP contribution is -2.41. The summed E-state index contributed by atoms with van der Waals surface area (Å²) in [7, 11) is 0. The number of amides is 1. The second-order valence-electron chi connectivity index (χ2n) is 7.33. The molecule has 1 amide bonds. The van der Waals surface area contributed by atoms with Gasteiger partial charge in [0.1, 0.15) is 11.7 Å². The van der Waals surface area contributed by atoms with Crippen LogP contribution in [0.3, 0.4) is 0 Å². The molecule has 7 heteroatoms. The first-order chi connectivity index (χ1) is 13.1. The molecule has 0 unspecified atom stereocenters. The summed E-state index contributed by atoms with van der Waals surface area (Å²) in [5, 5.41) is 12.2. The third kappa shape index (κ3) is 3.08. The molecule has 3 atom stereocenters. The van der Waals surface area contributed by atoms with Gasteiger partial charge in [0.2, 0.25) is 11.9 Å². The predicted octanol–water partition coefficient (Wildman–Crippen LogP) is 2.23. The molecule has 2 aliphatic heterocycles. The maximum atomic E-state index is 13.0. The number of H-pyrrole nitrogens is 1. The molecule has 7 nitrogen and oxygen atoms in total. The number of nitrogens with zero attached hydrogens (tertiary/aromatic N) is 3. The maximum Gasteiger partial charge on any atom is 0.258 e. The number of hydrogen-bond acceptors (Lipinski definition) is 5. The van der Waals surface area contributed by atoms with Crippen molar-refractivity contribution in [2.24, 2.45) is 11.8 Å². The Labute approximate surface area is 157 Å². The van der Waals surface area contributed by atoms with E-state index in [9.17, 15) is 14.9 Å². The number of rotatable bonds is 2. The van der Waals surface area contributed by atoms with Crippen LogP contribution < -0.4 is 15.8 Å². The van der Waals surface area contributed by atoms with E-state index in [-0.39, 0.29) is 11.4 Å². The van der Waals surface area contributed by atoms with Gasteiger partial charge in [-0.15, -0.1) is 0 Å². The quantitative estimate of drug-likeness (QED) is 0.852. The first-order valence-electron chi connectivity index (χ1n) is 9.23. The van der Waals surface area contributed by atoms with Crippen LogP contribution in [0.1, 0.15) is 36.8 Å². The largest absolute Gasteiger partial charge is 0.342 e. The van der Waals surface area contributed by atoms with E-state index in [1.54, 1.807) is 0 Å². The number of nitrogens with one attached hydrogen (secondary N) is 2. The van der Waals surface area contributed by atoms with Crippen molar-refractivity contribution in [2.45, 2.75) is 25.7 Å². The molecule has 1 aromatic heterocycles. The second kappa shape index (κ2) is 6.88. The minimum atomic E-state index is -0.969. The van der Waals surface area contributed by atoms with Crippen LogP contribution in [0.25, 0.3) is 0 Å². The lowest BCUT2D eigenvalue weighted by atomic mass is 9.79. The Bertz CT molecular complexity index is 963. The molecule has 0 radical (unpaired) electrons. The standard InChI is InChI=1S/C20H21N5O2/c1-12-6-5-9-25(11-12)20-23-17-16(19(27)24-20)15(13-7-3-2-4-8-13)14(10-21)18(26)22-17/h2-4,7-8,12,14-15H,5-6,9,11H2,1H3,(H2,22,23,24,26,27)/t12-,14-,15-/m1/s1. The molecule has 0 aliphatic carbocycles. The van der Waals surface area contributed by atoms with Gasteiger partial charge in [-0.25, -0.2) is 0 Å². The summed E-state index contributed by atoms with van der Waals surface area (Å²) >= 11 is 0. The van der Waals surface area contributed by atoms with Gasteiger partial charge in [-0.1, -0.05) is 37.3 Å². The minimum absolute atomic E-state index is 0.261. The van der Waals surface area contributed by atoms with Crippen molar-refractivity contribution in [2.75, 3.05) is 23.3 Å². The van der Waals surface area contributed by atoms with E-state index in [4.69, 9.17) is 0 Å². The van der Waals surface area contributed by atoms with Crippen LogP contribution in [0.4, 0.5) is 11.8 Å². The SMILES string of the molecule is C[C@@H]1CCCN(c2nc3c(c(=O)[nH]2)[C@H](c2ccccc2)[C@@H](C#N)C(=O)N3)C1. The Morgan fingerprint density at radius 3 is 2.74 bits per heavy atom. The lowest BCUT2D eigenvalue weighted by Gasteiger charge is -2.33. The van der Waals surface area contributed by atoms with Gasteiger partial charge in [-0.2, -0.15) is 10.2 Å². The second-order valence-corrected chi connectivity index (χ2v) is 7.33. The fourth-order valence-electron chi connectivity index (χ4n) is 4.05. The molecular formula is C20H21N5O2. The Kier molecular flexibility index (Phi) is 4.40. The highest BCUT2D eigenvalue weighted by Crippen LogP contribution is 2.38. The predicted molar refractivity (Wildman–Crippen MR) is 101 cm³/mol. The summed E-state index contributed by atoms with van der Waals surface area (Å²) in [6.07, 6.45) is 2.19. The zero-order valence-electron chi connectivity index (χ0n) is 15.1. The van der Waals surface area contributed by atoms with Gasteiger partial charge < -0.3 is 10.2 Å². The van der Waals surface area contributed by atoms with E-state index in [2.05, 4.69) is 33.2 Å². The summed E-state index contributed by atoms with van der Waals surface area (Å²) in [6, 6.07) is 11.2. The smallest absolute Gasteiger partial charge is 0.258 e. The zero-order valence-corrected chi connectivity index (χ0v) is 15.1. The van der Waals surface area contributed by atoms with Crippen molar-refractivity contribution in [1.82, 2.24) is 9.97 Å². The number of benzene rings is 1. The normalized spacial score (nSPS) is 24.7. The van der Waals surface area contributed by atoms with Gasteiger partial charge in [0.15, 0.2) is 0 Å². The summed E-state index contributed by atoms with van der Waals surface area (Å²) in [5.41, 5.74) is 0.801. The van der Waals surface area contributed by atoms with Crippen LogP contribution in [0.15, 0.2) is 35.1 Å². The van der Waals surface area contributed by atoms with E-state index >= 15 is 0 Å². The van der Waals surface area contributed by atoms with E-state index < -0.39 is 17.7 Å². The van der Waals surface area contributed by atoms with Gasteiger partial charge >= 0.3 is 0 Å². The molecule has 0 spiro atoms. The number of carbonyl (C=O) groups excluding carboxylic acids is 1. The monoisotopic (exact) mass is 363 g/mol. The van der Waals surface area contributed by atoms with E-state index in [1.165, 1.54) is 0 Å². The van der Waals surface area contributed by atoms with Gasteiger partial charge in [-0.05, 0) is 24.3 Å². The molecule has 3 heterocycles. The molecule has 0 saturated carbocycles. The fourth-order valence-corrected chi connectivity index (χ4v) is 4.05. The lowest BCUT2D eigenvalue weighted by molar-refractivity contribution is -0.119. The van der Waals surface area contributed by atoms with Crippen LogP contribution in [0.2, 0.25) is 0 Å². The molecule has 1 aromatic carbocycles. The van der Waals surface area contributed by atoms with Crippen LogP contribution in [0, 0.1) is 23.2 Å². The molecule has 4 rings (SSSR count). The van der Waals surface area contributed by atoms with Gasteiger partial charge in [0, 0.05) is 19.0 Å². The van der Waals surface area contributed by atoms with Crippen LogP contribution >= 0.6 is 0 Å².